The normalized spacial score (nSPS) is 18.9. The summed E-state index contributed by atoms with van der Waals surface area (Å²) < 4.78 is 1.18. The van der Waals surface area contributed by atoms with Crippen LogP contribution in [0.15, 0.2) is 15.2 Å². The van der Waals surface area contributed by atoms with Crippen LogP contribution in [0.5, 0.6) is 0 Å². The fraction of sp³-hybridized carbons (Fsp3) is 0.556. The minimum absolute atomic E-state index is 0.343. The molecule has 1 aromatic heterocycles. The van der Waals surface area contributed by atoms with Crippen molar-refractivity contribution in [3.63, 3.8) is 0 Å². The van der Waals surface area contributed by atoms with Gasteiger partial charge in [-0.05, 0) is 45.3 Å². The zero-order chi connectivity index (χ0) is 9.26. The lowest BCUT2D eigenvalue weighted by Crippen LogP contribution is -2.28. The van der Waals surface area contributed by atoms with Gasteiger partial charge in [0.2, 0.25) is 0 Å². The Labute approximate surface area is 90.6 Å². The molecule has 4 heteroatoms. The van der Waals surface area contributed by atoms with Crippen molar-refractivity contribution in [2.45, 2.75) is 25.3 Å². The summed E-state index contributed by atoms with van der Waals surface area (Å²) in [6, 6.07) is 2.49. The molecule has 0 spiro atoms. The van der Waals surface area contributed by atoms with E-state index in [9.17, 15) is 0 Å². The lowest BCUT2D eigenvalue weighted by molar-refractivity contribution is 0.488. The van der Waals surface area contributed by atoms with Gasteiger partial charge in [0.15, 0.2) is 0 Å². The third kappa shape index (κ3) is 2.53. The van der Waals surface area contributed by atoms with Gasteiger partial charge in [0.05, 0.1) is 3.79 Å². The Morgan fingerprint density at radius 1 is 1.69 bits per heavy atom. The van der Waals surface area contributed by atoms with E-state index in [1.54, 1.807) is 11.3 Å². The summed E-state index contributed by atoms with van der Waals surface area (Å²) in [5, 5.41) is 2.16. The second-order valence-corrected chi connectivity index (χ2v) is 5.87. The van der Waals surface area contributed by atoms with Gasteiger partial charge >= 0.3 is 0 Å². The molecule has 1 unspecified atom stereocenters. The highest BCUT2D eigenvalue weighted by atomic mass is 79.9. The van der Waals surface area contributed by atoms with Gasteiger partial charge in [-0.25, -0.2) is 0 Å². The van der Waals surface area contributed by atoms with E-state index in [1.165, 1.54) is 28.6 Å². The fourth-order valence-corrected chi connectivity index (χ4v) is 2.72. The van der Waals surface area contributed by atoms with Crippen LogP contribution in [0, 0.1) is 5.92 Å². The molecule has 0 aliphatic heterocycles. The predicted octanol–water partition coefficient (Wildman–Crippen LogP) is 2.82. The molecule has 1 aliphatic rings. The number of nitrogens with one attached hydrogen (secondary N) is 1. The molecule has 1 aliphatic carbocycles. The van der Waals surface area contributed by atoms with Crippen molar-refractivity contribution in [1.82, 2.24) is 5.43 Å². The molecule has 1 atom stereocenters. The van der Waals surface area contributed by atoms with Crippen molar-refractivity contribution >= 4 is 27.3 Å². The predicted molar refractivity (Wildman–Crippen MR) is 59.4 cm³/mol. The third-order valence-electron chi connectivity index (χ3n) is 2.46. The molecule has 0 amide bonds. The first-order chi connectivity index (χ1) is 6.29. The second-order valence-electron chi connectivity index (χ2n) is 3.58. The molecule has 13 heavy (non-hydrogen) atoms. The molecule has 3 N–H and O–H groups in total. The number of halogens is 1. The van der Waals surface area contributed by atoms with Crippen molar-refractivity contribution in [2.24, 2.45) is 11.8 Å². The van der Waals surface area contributed by atoms with Crippen LogP contribution in [0.2, 0.25) is 0 Å². The Morgan fingerprint density at radius 3 is 2.92 bits per heavy atom. The zero-order valence-electron chi connectivity index (χ0n) is 7.29. The minimum Gasteiger partial charge on any atom is -0.271 e. The van der Waals surface area contributed by atoms with E-state index in [-0.39, 0.29) is 0 Å². The molecular weight excluding hydrogens is 248 g/mol. The van der Waals surface area contributed by atoms with Crippen LogP contribution in [-0.4, -0.2) is 0 Å². The minimum atomic E-state index is 0.343. The van der Waals surface area contributed by atoms with E-state index < -0.39 is 0 Å². The zero-order valence-corrected chi connectivity index (χ0v) is 9.70. The Balaban J connectivity index is 2.01. The number of rotatable bonds is 4. The number of thiophene rings is 1. The summed E-state index contributed by atoms with van der Waals surface area (Å²) >= 11 is 5.18. The molecule has 2 rings (SSSR count). The van der Waals surface area contributed by atoms with Crippen LogP contribution in [-0.2, 0) is 0 Å². The van der Waals surface area contributed by atoms with Gasteiger partial charge < -0.3 is 0 Å². The smallest absolute Gasteiger partial charge is 0.0701 e. The van der Waals surface area contributed by atoms with E-state index in [1.807, 2.05) is 0 Å². The van der Waals surface area contributed by atoms with Crippen LogP contribution in [0.4, 0.5) is 0 Å². The van der Waals surface area contributed by atoms with Crippen LogP contribution in [0.1, 0.15) is 30.9 Å². The van der Waals surface area contributed by atoms with E-state index in [2.05, 4.69) is 32.8 Å². The number of nitrogens with two attached hydrogens (primary N) is 1. The summed E-state index contributed by atoms with van der Waals surface area (Å²) in [6.45, 7) is 0. The highest BCUT2D eigenvalue weighted by Crippen LogP contribution is 2.38. The lowest BCUT2D eigenvalue weighted by atomic mass is 10.1. The first kappa shape index (κ1) is 9.65. The first-order valence-corrected chi connectivity index (χ1v) is 6.17. The number of hydrogen-bond donors (Lipinski definition) is 2. The summed E-state index contributed by atoms with van der Waals surface area (Å²) in [4.78, 5) is 0. The molecule has 0 aromatic carbocycles. The first-order valence-electron chi connectivity index (χ1n) is 4.49. The van der Waals surface area contributed by atoms with Gasteiger partial charge in [0, 0.05) is 6.04 Å². The molecule has 0 bridgehead atoms. The Kier molecular flexibility index (Phi) is 3.03. The van der Waals surface area contributed by atoms with Crippen molar-refractivity contribution in [3.05, 3.63) is 20.8 Å². The van der Waals surface area contributed by atoms with Gasteiger partial charge in [0.25, 0.3) is 0 Å². The quantitative estimate of drug-likeness (QED) is 0.646. The van der Waals surface area contributed by atoms with Crippen molar-refractivity contribution in [3.8, 4) is 0 Å². The van der Waals surface area contributed by atoms with Gasteiger partial charge in [-0.15, -0.1) is 11.3 Å². The average Bonchev–Trinajstić information content (AvgIpc) is 2.84. The molecule has 1 aromatic rings. The maximum atomic E-state index is 5.53. The van der Waals surface area contributed by atoms with Crippen LogP contribution in [0.3, 0.4) is 0 Å². The van der Waals surface area contributed by atoms with Crippen LogP contribution < -0.4 is 11.3 Å². The van der Waals surface area contributed by atoms with E-state index in [4.69, 9.17) is 5.84 Å². The molecular formula is C9H13BrN2S. The van der Waals surface area contributed by atoms with Gasteiger partial charge in [-0.3, -0.25) is 11.3 Å². The molecule has 2 nitrogen and oxygen atoms in total. The van der Waals surface area contributed by atoms with Gasteiger partial charge in [0.1, 0.15) is 0 Å². The topological polar surface area (TPSA) is 38.0 Å². The molecule has 0 radical (unpaired) electrons. The Hall–Kier alpha value is 0.100. The summed E-state index contributed by atoms with van der Waals surface area (Å²) in [7, 11) is 0. The Morgan fingerprint density at radius 2 is 2.46 bits per heavy atom. The van der Waals surface area contributed by atoms with Crippen LogP contribution >= 0.6 is 27.3 Å². The van der Waals surface area contributed by atoms with E-state index in [0.717, 1.165) is 5.92 Å². The summed E-state index contributed by atoms with van der Waals surface area (Å²) in [6.07, 6.45) is 3.94. The molecule has 72 valence electrons. The summed E-state index contributed by atoms with van der Waals surface area (Å²) in [5.74, 6) is 6.43. The van der Waals surface area contributed by atoms with Crippen molar-refractivity contribution in [2.75, 3.05) is 0 Å². The fourth-order valence-electron chi connectivity index (χ4n) is 1.49. The molecule has 0 saturated heterocycles. The number of hydrazine groups is 1. The van der Waals surface area contributed by atoms with Crippen LogP contribution in [0.25, 0.3) is 0 Å². The molecule has 1 heterocycles. The average molecular weight is 261 g/mol. The largest absolute Gasteiger partial charge is 0.271 e. The Bertz CT molecular complexity index is 283. The lowest BCUT2D eigenvalue weighted by Gasteiger charge is -2.13. The third-order valence-corrected chi connectivity index (χ3v) is 3.98. The number of hydrogen-bond acceptors (Lipinski definition) is 3. The standard InChI is InChI=1S/C9H13BrN2S/c10-9-4-7(5-13-9)8(12-11)3-6-1-2-6/h4-6,8,12H,1-3,11H2. The highest BCUT2D eigenvalue weighted by molar-refractivity contribution is 9.11. The maximum Gasteiger partial charge on any atom is 0.0701 e. The maximum absolute atomic E-state index is 5.53. The van der Waals surface area contributed by atoms with Crippen molar-refractivity contribution in [1.29, 1.82) is 0 Å². The van der Waals surface area contributed by atoms with Gasteiger partial charge in [-0.1, -0.05) is 12.8 Å². The van der Waals surface area contributed by atoms with Crippen molar-refractivity contribution < 1.29 is 0 Å². The monoisotopic (exact) mass is 260 g/mol. The van der Waals surface area contributed by atoms with E-state index in [0.29, 0.717) is 6.04 Å². The molecule has 1 saturated carbocycles. The highest BCUT2D eigenvalue weighted by Gasteiger charge is 2.26. The second kappa shape index (κ2) is 4.09. The molecule has 1 fully saturated rings. The SMILES string of the molecule is NNC(CC1CC1)c1csc(Br)c1. The van der Waals surface area contributed by atoms with Gasteiger partial charge in [-0.2, -0.15) is 0 Å². The van der Waals surface area contributed by atoms with E-state index >= 15 is 0 Å². The summed E-state index contributed by atoms with van der Waals surface area (Å²) in [5.41, 5.74) is 4.20.